The Morgan fingerprint density at radius 2 is 2.26 bits per heavy atom. The molecule has 0 radical (unpaired) electrons. The topological polar surface area (TPSA) is 95.7 Å². The number of nitro benzene ring substituents is 1. The van der Waals surface area contributed by atoms with Gasteiger partial charge in [-0.15, -0.1) is 0 Å². The fourth-order valence-corrected chi connectivity index (χ4v) is 2.61. The number of nitrogens with zero attached hydrogens (tertiary/aromatic N) is 2. The van der Waals surface area contributed by atoms with Crippen LogP contribution in [0.5, 0.6) is 0 Å². The first kappa shape index (κ1) is 14.2. The first-order valence-corrected chi connectivity index (χ1v) is 7.11. The number of rotatable bonds is 5. The van der Waals surface area contributed by atoms with E-state index in [4.69, 9.17) is 16.2 Å². The highest BCUT2D eigenvalue weighted by Gasteiger charge is 2.29. The van der Waals surface area contributed by atoms with E-state index in [1.807, 2.05) is 0 Å². The average Bonchev–Trinajstić information content (AvgIpc) is 2.27. The molecule has 0 spiro atoms. The highest BCUT2D eigenvalue weighted by molar-refractivity contribution is 7.79. The normalized spacial score (nSPS) is 17.8. The maximum atomic E-state index is 10.9. The van der Waals surface area contributed by atoms with Crippen molar-refractivity contribution in [3.05, 3.63) is 33.3 Å². The van der Waals surface area contributed by atoms with Gasteiger partial charge in [-0.05, 0) is 12.1 Å². The van der Waals surface area contributed by atoms with Gasteiger partial charge in [-0.2, -0.15) is 0 Å². The van der Waals surface area contributed by atoms with Crippen LogP contribution in [0.3, 0.4) is 0 Å². The Bertz CT molecular complexity index is 521. The predicted octanol–water partition coefficient (Wildman–Crippen LogP) is 1.52. The zero-order valence-corrected chi connectivity index (χ0v) is 11.4. The molecule has 0 aromatic heterocycles. The summed E-state index contributed by atoms with van der Waals surface area (Å²) in [6, 6.07) is 4.47. The van der Waals surface area contributed by atoms with Crippen molar-refractivity contribution in [3.63, 3.8) is 0 Å². The molecular formula is C10H12ClN3O4S. The van der Waals surface area contributed by atoms with Crippen molar-refractivity contribution in [2.45, 2.75) is 6.04 Å². The molecule has 0 bridgehead atoms. The molecule has 19 heavy (non-hydrogen) atoms. The highest BCUT2D eigenvalue weighted by atomic mass is 35.5. The molecule has 104 valence electrons. The summed E-state index contributed by atoms with van der Waals surface area (Å²) >= 11 is 3.88. The number of hydrogen-bond acceptors (Lipinski definition) is 5. The van der Waals surface area contributed by atoms with Crippen LogP contribution in [-0.2, 0) is 11.1 Å². The lowest BCUT2D eigenvalue weighted by Gasteiger charge is -2.38. The monoisotopic (exact) mass is 305 g/mol. The van der Waals surface area contributed by atoms with Crippen molar-refractivity contribution in [1.82, 2.24) is 4.90 Å². The largest absolute Gasteiger partial charge is 0.374 e. The molecular weight excluding hydrogens is 294 g/mol. The van der Waals surface area contributed by atoms with Crippen LogP contribution in [0.15, 0.2) is 18.2 Å². The van der Waals surface area contributed by atoms with Gasteiger partial charge in [0.15, 0.2) is 11.1 Å². The third-order valence-electron chi connectivity index (χ3n) is 2.77. The van der Waals surface area contributed by atoms with Crippen LogP contribution < -0.4 is 5.32 Å². The van der Waals surface area contributed by atoms with E-state index < -0.39 is 16.0 Å². The molecule has 1 aromatic rings. The predicted molar refractivity (Wildman–Crippen MR) is 72.7 cm³/mol. The molecule has 1 atom stereocenters. The number of likely N-dealkylation sites (tertiary alicyclic amines) is 1. The molecule has 0 saturated carbocycles. The Labute approximate surface area is 117 Å². The fourth-order valence-electron chi connectivity index (χ4n) is 1.92. The van der Waals surface area contributed by atoms with Gasteiger partial charge in [-0.25, -0.2) is 4.21 Å². The van der Waals surface area contributed by atoms with E-state index in [0.717, 1.165) is 0 Å². The summed E-state index contributed by atoms with van der Waals surface area (Å²) in [4.78, 5) is 12.2. The van der Waals surface area contributed by atoms with Gasteiger partial charge in [0.05, 0.1) is 11.0 Å². The second kappa shape index (κ2) is 5.83. The van der Waals surface area contributed by atoms with Crippen molar-refractivity contribution in [1.29, 1.82) is 0 Å². The van der Waals surface area contributed by atoms with Gasteiger partial charge in [0, 0.05) is 24.2 Å². The summed E-state index contributed by atoms with van der Waals surface area (Å²) in [5, 5.41) is 14.2. The maximum Gasteiger partial charge on any atom is 0.293 e. The summed E-state index contributed by atoms with van der Waals surface area (Å²) in [6.45, 7) is 1.15. The van der Waals surface area contributed by atoms with Gasteiger partial charge in [0.1, 0.15) is 11.6 Å². The molecule has 7 nitrogen and oxygen atoms in total. The van der Waals surface area contributed by atoms with Crippen LogP contribution in [-0.4, -0.2) is 43.6 Å². The minimum Gasteiger partial charge on any atom is -0.374 e. The molecule has 9 heteroatoms. The van der Waals surface area contributed by atoms with Gasteiger partial charge in [-0.3, -0.25) is 15.0 Å². The molecule has 0 aliphatic carbocycles. The van der Waals surface area contributed by atoms with Crippen LogP contribution >= 0.6 is 11.6 Å². The summed E-state index contributed by atoms with van der Waals surface area (Å²) < 4.78 is 19.3. The van der Waals surface area contributed by atoms with E-state index in [1.54, 1.807) is 17.0 Å². The standard InChI is InChI=1S/C10H12ClN3O4S/c11-7-1-2-9(10(3-7)14(15)16)12-8-4-13(5-8)6-19(17)18/h1-3,8,12H,4-6H2,(H,17,18). The summed E-state index contributed by atoms with van der Waals surface area (Å²) in [5.74, 6) is 0.0981. The summed E-state index contributed by atoms with van der Waals surface area (Å²) in [5.41, 5.74) is 0.334. The van der Waals surface area contributed by atoms with Crippen molar-refractivity contribution < 1.29 is 13.7 Å². The number of anilines is 1. The fraction of sp³-hybridized carbons (Fsp3) is 0.400. The molecule has 1 fully saturated rings. The molecule has 1 unspecified atom stereocenters. The zero-order valence-electron chi connectivity index (χ0n) is 9.78. The molecule has 1 aliphatic rings. The summed E-state index contributed by atoms with van der Waals surface area (Å²) in [6.07, 6.45) is 0. The maximum absolute atomic E-state index is 10.9. The van der Waals surface area contributed by atoms with Crippen LogP contribution in [0, 0.1) is 10.1 Å². The number of nitrogens with one attached hydrogen (secondary N) is 1. The van der Waals surface area contributed by atoms with Crippen molar-refractivity contribution >= 4 is 34.1 Å². The molecule has 1 aromatic carbocycles. The third kappa shape index (κ3) is 3.63. The minimum absolute atomic E-state index is 0.0309. The third-order valence-corrected chi connectivity index (χ3v) is 3.59. The van der Waals surface area contributed by atoms with Crippen LogP contribution in [0.25, 0.3) is 0 Å². The SMILES string of the molecule is O=[N+]([O-])c1cc(Cl)ccc1NC1CN(CS(=O)O)C1. The Morgan fingerprint density at radius 3 is 2.84 bits per heavy atom. The van der Waals surface area contributed by atoms with E-state index in [-0.39, 0.29) is 17.6 Å². The number of halogens is 1. The number of hydrogen-bond donors (Lipinski definition) is 2. The highest BCUT2D eigenvalue weighted by Crippen LogP contribution is 2.29. The first-order chi connectivity index (χ1) is 8.95. The lowest BCUT2D eigenvalue weighted by atomic mass is 10.1. The quantitative estimate of drug-likeness (QED) is 0.486. The van der Waals surface area contributed by atoms with E-state index >= 15 is 0 Å². The lowest BCUT2D eigenvalue weighted by Crippen LogP contribution is -2.55. The second-order valence-corrected chi connectivity index (χ2v) is 5.58. The number of nitro groups is 1. The van der Waals surface area contributed by atoms with Crippen molar-refractivity contribution in [2.24, 2.45) is 0 Å². The van der Waals surface area contributed by atoms with E-state index in [9.17, 15) is 14.3 Å². The van der Waals surface area contributed by atoms with Gasteiger partial charge in [0.2, 0.25) is 0 Å². The Kier molecular flexibility index (Phi) is 4.35. The molecule has 1 heterocycles. The Balaban J connectivity index is 1.98. The minimum atomic E-state index is -1.85. The summed E-state index contributed by atoms with van der Waals surface area (Å²) in [7, 11) is 0. The molecule has 1 aliphatic heterocycles. The first-order valence-electron chi connectivity index (χ1n) is 5.46. The van der Waals surface area contributed by atoms with Crippen LogP contribution in [0.4, 0.5) is 11.4 Å². The smallest absolute Gasteiger partial charge is 0.293 e. The van der Waals surface area contributed by atoms with Gasteiger partial charge in [0.25, 0.3) is 5.69 Å². The lowest BCUT2D eigenvalue weighted by molar-refractivity contribution is -0.384. The molecule has 2 rings (SSSR count). The van der Waals surface area contributed by atoms with Crippen molar-refractivity contribution in [3.8, 4) is 0 Å². The average molecular weight is 306 g/mol. The van der Waals surface area contributed by atoms with Gasteiger partial charge >= 0.3 is 0 Å². The Morgan fingerprint density at radius 1 is 1.58 bits per heavy atom. The molecule has 1 saturated heterocycles. The molecule has 0 amide bonds. The Hall–Kier alpha value is -1.22. The van der Waals surface area contributed by atoms with Crippen LogP contribution in [0.1, 0.15) is 0 Å². The number of benzene rings is 1. The molecule has 2 N–H and O–H groups in total. The van der Waals surface area contributed by atoms with Crippen molar-refractivity contribution in [2.75, 3.05) is 24.3 Å². The van der Waals surface area contributed by atoms with E-state index in [0.29, 0.717) is 23.8 Å². The van der Waals surface area contributed by atoms with Gasteiger partial charge < -0.3 is 9.87 Å². The van der Waals surface area contributed by atoms with E-state index in [2.05, 4.69) is 5.32 Å². The van der Waals surface area contributed by atoms with Gasteiger partial charge in [-0.1, -0.05) is 11.6 Å². The second-order valence-electron chi connectivity index (χ2n) is 4.25. The zero-order chi connectivity index (χ0) is 14.0. The van der Waals surface area contributed by atoms with E-state index in [1.165, 1.54) is 6.07 Å². The van der Waals surface area contributed by atoms with Crippen LogP contribution in [0.2, 0.25) is 5.02 Å².